The van der Waals surface area contributed by atoms with Gasteiger partial charge in [-0.1, -0.05) is 6.07 Å². The summed E-state index contributed by atoms with van der Waals surface area (Å²) >= 11 is 0. The number of nitrogens with zero attached hydrogens (tertiary/aromatic N) is 1. The van der Waals surface area contributed by atoms with Crippen molar-refractivity contribution in [1.29, 1.82) is 0 Å². The van der Waals surface area contributed by atoms with E-state index in [0.29, 0.717) is 13.1 Å². The largest absolute Gasteiger partial charge is 0.370 e. The molecule has 4 nitrogen and oxygen atoms in total. The van der Waals surface area contributed by atoms with Gasteiger partial charge >= 0.3 is 0 Å². The summed E-state index contributed by atoms with van der Waals surface area (Å²) in [5.41, 5.74) is 2.18. The van der Waals surface area contributed by atoms with E-state index in [1.54, 1.807) is 0 Å². The van der Waals surface area contributed by atoms with E-state index in [9.17, 15) is 8.42 Å². The Bertz CT molecular complexity index is 457. The topological polar surface area (TPSA) is 49.4 Å². The maximum absolute atomic E-state index is 11.0. The number of benzene rings is 1. The van der Waals surface area contributed by atoms with Crippen molar-refractivity contribution in [3.8, 4) is 0 Å². The molecule has 0 aliphatic heterocycles. The van der Waals surface area contributed by atoms with E-state index in [1.807, 2.05) is 32.0 Å². The number of nitrogens with one attached hydrogen (secondary N) is 1. The molecule has 0 saturated carbocycles. The van der Waals surface area contributed by atoms with Gasteiger partial charge in [0.2, 0.25) is 10.0 Å². The van der Waals surface area contributed by atoms with Gasteiger partial charge < -0.3 is 4.90 Å². The lowest BCUT2D eigenvalue weighted by Gasteiger charge is -2.23. The SMILES string of the molecule is CCN(CCNS(C)(=O)=O)c1cc[c]c(C)c1. The zero-order chi connectivity index (χ0) is 12.9. The molecule has 0 unspecified atom stereocenters. The standard InChI is InChI=1S/C12H19N2O2S/c1-4-14(9-8-13-17(3,15)16)12-7-5-6-11(2)10-12/h5,7,10,13H,4,8-9H2,1-3H3. The Kier molecular flexibility index (Phi) is 4.96. The second-order valence-corrected chi connectivity index (χ2v) is 5.81. The van der Waals surface area contributed by atoms with Crippen molar-refractivity contribution in [3.05, 3.63) is 29.8 Å². The smallest absolute Gasteiger partial charge is 0.208 e. The van der Waals surface area contributed by atoms with Crippen molar-refractivity contribution in [2.45, 2.75) is 13.8 Å². The number of sulfonamides is 1. The Hall–Kier alpha value is -1.07. The van der Waals surface area contributed by atoms with Crippen LogP contribution in [0.2, 0.25) is 0 Å². The molecular weight excluding hydrogens is 236 g/mol. The minimum atomic E-state index is -3.10. The highest BCUT2D eigenvalue weighted by Gasteiger charge is 2.06. The summed E-state index contributed by atoms with van der Waals surface area (Å²) in [6.07, 6.45) is 1.17. The molecule has 5 heteroatoms. The van der Waals surface area contributed by atoms with Crippen LogP contribution in [-0.4, -0.2) is 34.3 Å². The quantitative estimate of drug-likeness (QED) is 0.830. The first-order chi connectivity index (χ1) is 7.92. The first-order valence-electron chi connectivity index (χ1n) is 5.60. The van der Waals surface area contributed by atoms with Crippen molar-refractivity contribution in [2.75, 3.05) is 30.8 Å². The van der Waals surface area contributed by atoms with Crippen molar-refractivity contribution in [2.24, 2.45) is 0 Å². The van der Waals surface area contributed by atoms with Gasteiger partial charge in [-0.15, -0.1) is 0 Å². The number of likely N-dealkylation sites (N-methyl/N-ethyl adjacent to an activating group) is 1. The minimum Gasteiger partial charge on any atom is -0.370 e. The van der Waals surface area contributed by atoms with Gasteiger partial charge in [-0.3, -0.25) is 0 Å². The van der Waals surface area contributed by atoms with Gasteiger partial charge in [0, 0.05) is 25.3 Å². The van der Waals surface area contributed by atoms with Crippen molar-refractivity contribution < 1.29 is 8.42 Å². The summed E-state index contributed by atoms with van der Waals surface area (Å²) < 4.78 is 24.4. The van der Waals surface area contributed by atoms with Gasteiger partial charge in [0.15, 0.2) is 0 Å². The second-order valence-electron chi connectivity index (χ2n) is 3.98. The van der Waals surface area contributed by atoms with Gasteiger partial charge in [-0.25, -0.2) is 13.1 Å². The summed E-state index contributed by atoms with van der Waals surface area (Å²) in [6, 6.07) is 9.01. The van der Waals surface area contributed by atoms with E-state index >= 15 is 0 Å². The molecule has 1 rings (SSSR count). The summed E-state index contributed by atoms with van der Waals surface area (Å²) in [6.45, 7) is 5.96. The van der Waals surface area contributed by atoms with Crippen molar-refractivity contribution >= 4 is 15.7 Å². The Balaban J connectivity index is 2.60. The fraction of sp³-hybridized carbons (Fsp3) is 0.500. The van der Waals surface area contributed by atoms with Crippen LogP contribution in [0.15, 0.2) is 18.2 Å². The van der Waals surface area contributed by atoms with Gasteiger partial charge in [0.25, 0.3) is 0 Å². The van der Waals surface area contributed by atoms with E-state index in [0.717, 1.165) is 17.8 Å². The van der Waals surface area contributed by atoms with Crippen LogP contribution in [0.3, 0.4) is 0 Å². The van der Waals surface area contributed by atoms with E-state index in [2.05, 4.69) is 15.7 Å². The number of anilines is 1. The third kappa shape index (κ3) is 5.19. The van der Waals surface area contributed by atoms with Crippen LogP contribution in [-0.2, 0) is 10.0 Å². The number of aryl methyl sites for hydroxylation is 1. The first-order valence-corrected chi connectivity index (χ1v) is 7.49. The van der Waals surface area contributed by atoms with Crippen LogP contribution in [0.25, 0.3) is 0 Å². The van der Waals surface area contributed by atoms with E-state index in [-0.39, 0.29) is 0 Å². The van der Waals surface area contributed by atoms with Gasteiger partial charge in [0.1, 0.15) is 0 Å². The van der Waals surface area contributed by atoms with Crippen LogP contribution >= 0.6 is 0 Å². The lowest BCUT2D eigenvalue weighted by Crippen LogP contribution is -2.34. The molecule has 0 fully saturated rings. The molecular formula is C12H19N2O2S. The van der Waals surface area contributed by atoms with Gasteiger partial charge in [-0.2, -0.15) is 0 Å². The molecule has 0 spiro atoms. The highest BCUT2D eigenvalue weighted by atomic mass is 32.2. The van der Waals surface area contributed by atoms with Crippen molar-refractivity contribution in [3.63, 3.8) is 0 Å². The highest BCUT2D eigenvalue weighted by Crippen LogP contribution is 2.14. The summed E-state index contributed by atoms with van der Waals surface area (Å²) in [4.78, 5) is 2.12. The lowest BCUT2D eigenvalue weighted by atomic mass is 10.2. The normalized spacial score (nSPS) is 11.5. The number of rotatable bonds is 6. The molecule has 0 heterocycles. The molecule has 0 atom stereocenters. The Morgan fingerprint density at radius 3 is 2.71 bits per heavy atom. The molecule has 1 N–H and O–H groups in total. The van der Waals surface area contributed by atoms with Crippen LogP contribution in [0.5, 0.6) is 0 Å². The molecule has 0 aliphatic carbocycles. The summed E-state index contributed by atoms with van der Waals surface area (Å²) in [5.74, 6) is 0. The Labute approximate surface area is 104 Å². The summed E-state index contributed by atoms with van der Waals surface area (Å²) in [7, 11) is -3.10. The molecule has 95 valence electrons. The van der Waals surface area contributed by atoms with Gasteiger partial charge in [0.05, 0.1) is 6.26 Å². The molecule has 17 heavy (non-hydrogen) atoms. The molecule has 1 radical (unpaired) electrons. The molecule has 0 aromatic heterocycles. The monoisotopic (exact) mass is 255 g/mol. The third-order valence-corrected chi connectivity index (χ3v) is 3.15. The van der Waals surface area contributed by atoms with E-state index < -0.39 is 10.0 Å². The lowest BCUT2D eigenvalue weighted by molar-refractivity contribution is 0.587. The van der Waals surface area contributed by atoms with Crippen LogP contribution in [0.1, 0.15) is 12.5 Å². The third-order valence-electron chi connectivity index (χ3n) is 2.42. The average Bonchev–Trinajstić information content (AvgIpc) is 2.23. The fourth-order valence-corrected chi connectivity index (χ4v) is 2.06. The average molecular weight is 255 g/mol. The van der Waals surface area contributed by atoms with Gasteiger partial charge in [-0.05, 0) is 37.6 Å². The predicted octanol–water partition coefficient (Wildman–Crippen LogP) is 1.17. The summed E-state index contributed by atoms with van der Waals surface area (Å²) in [5, 5.41) is 0. The van der Waals surface area contributed by atoms with Crippen LogP contribution in [0.4, 0.5) is 5.69 Å². The molecule has 0 aliphatic rings. The van der Waals surface area contributed by atoms with E-state index in [1.165, 1.54) is 6.26 Å². The van der Waals surface area contributed by atoms with Crippen molar-refractivity contribution in [1.82, 2.24) is 4.72 Å². The number of hydrogen-bond acceptors (Lipinski definition) is 3. The molecule has 1 aromatic rings. The fourth-order valence-electron chi connectivity index (χ4n) is 1.60. The number of hydrogen-bond donors (Lipinski definition) is 1. The maximum atomic E-state index is 11.0. The zero-order valence-corrected chi connectivity index (χ0v) is 11.3. The highest BCUT2D eigenvalue weighted by molar-refractivity contribution is 7.88. The van der Waals surface area contributed by atoms with Crippen LogP contribution in [0, 0.1) is 13.0 Å². The minimum absolute atomic E-state index is 0.421. The molecule has 0 bridgehead atoms. The second kappa shape index (κ2) is 6.02. The molecule has 0 saturated heterocycles. The van der Waals surface area contributed by atoms with E-state index in [4.69, 9.17) is 0 Å². The predicted molar refractivity (Wildman–Crippen MR) is 70.7 cm³/mol. The first kappa shape index (κ1) is 14.0. The Morgan fingerprint density at radius 1 is 1.47 bits per heavy atom. The molecule has 0 amide bonds. The maximum Gasteiger partial charge on any atom is 0.208 e. The molecule has 1 aromatic carbocycles. The van der Waals surface area contributed by atoms with Crippen LogP contribution < -0.4 is 9.62 Å². The zero-order valence-electron chi connectivity index (χ0n) is 10.5. The Morgan fingerprint density at radius 2 is 2.18 bits per heavy atom.